The molecule has 4 nitrogen and oxygen atoms in total. The van der Waals surface area contributed by atoms with Gasteiger partial charge < -0.3 is 16.4 Å². The minimum Gasteiger partial charge on any atom is -0.327 e. The molecule has 2 aliphatic carbocycles. The second-order valence-electron chi connectivity index (χ2n) is 7.18. The Morgan fingerprint density at radius 3 is 2.57 bits per heavy atom. The Morgan fingerprint density at radius 2 is 2.04 bits per heavy atom. The van der Waals surface area contributed by atoms with Crippen molar-refractivity contribution in [2.75, 3.05) is 18.9 Å². The van der Waals surface area contributed by atoms with Gasteiger partial charge in [-0.1, -0.05) is 13.8 Å². The molecule has 0 saturated heterocycles. The summed E-state index contributed by atoms with van der Waals surface area (Å²) in [6, 6.07) is 0.294. The molecule has 130 valence electrons. The molecule has 4 N–H and O–H groups in total. The zero-order valence-corrected chi connectivity index (χ0v) is 15.7. The van der Waals surface area contributed by atoms with Crippen molar-refractivity contribution in [3.63, 3.8) is 0 Å². The number of nitrogens with one attached hydrogen (secondary N) is 2. The number of thiophene rings is 1. The van der Waals surface area contributed by atoms with Crippen molar-refractivity contribution in [1.29, 1.82) is 0 Å². The fraction of sp³-hybridized carbons (Fsp3) is 0.722. The van der Waals surface area contributed by atoms with Crippen LogP contribution in [0.3, 0.4) is 0 Å². The van der Waals surface area contributed by atoms with Gasteiger partial charge in [-0.2, -0.15) is 0 Å². The molecule has 1 unspecified atom stereocenters. The predicted octanol–water partition coefficient (Wildman–Crippen LogP) is 3.08. The molecule has 0 aromatic carbocycles. The van der Waals surface area contributed by atoms with Gasteiger partial charge >= 0.3 is 0 Å². The summed E-state index contributed by atoms with van der Waals surface area (Å²) in [5.74, 6) is 1.27. The standard InChI is InChI=1S/C13H18N2OS.C5H13N/c1-7-10-6-9(14)4-5-11(10)17-13(7)15-12(16)8-2-3-8;1-5(2)4-6-3/h8-9H,2-6,14H2,1H3,(H,15,16);5-6H,4H2,1-3H3. The van der Waals surface area contributed by atoms with Crippen molar-refractivity contribution in [2.24, 2.45) is 17.6 Å². The molecule has 1 amide bonds. The number of fused-ring (bicyclic) bond motifs is 1. The molecule has 1 aromatic heterocycles. The van der Waals surface area contributed by atoms with E-state index in [0.29, 0.717) is 6.04 Å². The second-order valence-corrected chi connectivity index (χ2v) is 8.28. The largest absolute Gasteiger partial charge is 0.327 e. The third-order valence-electron chi connectivity index (χ3n) is 4.36. The minimum absolute atomic E-state index is 0.205. The van der Waals surface area contributed by atoms with Crippen molar-refractivity contribution in [3.05, 3.63) is 16.0 Å². The van der Waals surface area contributed by atoms with Gasteiger partial charge in [0.05, 0.1) is 5.00 Å². The van der Waals surface area contributed by atoms with Crippen LogP contribution in [0.4, 0.5) is 5.00 Å². The zero-order chi connectivity index (χ0) is 17.0. The molecule has 3 rings (SSSR count). The van der Waals surface area contributed by atoms with E-state index in [1.165, 1.54) is 16.0 Å². The van der Waals surface area contributed by atoms with Gasteiger partial charge in [0.2, 0.25) is 5.91 Å². The van der Waals surface area contributed by atoms with E-state index in [9.17, 15) is 4.79 Å². The highest BCUT2D eigenvalue weighted by atomic mass is 32.1. The highest BCUT2D eigenvalue weighted by Crippen LogP contribution is 2.38. The topological polar surface area (TPSA) is 67.1 Å². The van der Waals surface area contributed by atoms with Crippen molar-refractivity contribution < 1.29 is 4.79 Å². The number of hydrogen-bond donors (Lipinski definition) is 3. The summed E-state index contributed by atoms with van der Waals surface area (Å²) in [6.07, 6.45) is 5.23. The first kappa shape index (κ1) is 18.4. The van der Waals surface area contributed by atoms with E-state index in [0.717, 1.165) is 49.6 Å². The molecular formula is C18H31N3OS. The van der Waals surface area contributed by atoms with Crippen LogP contribution in [0.5, 0.6) is 0 Å². The average Bonchev–Trinajstić information content (AvgIpc) is 3.28. The van der Waals surface area contributed by atoms with Crippen LogP contribution in [0.2, 0.25) is 0 Å². The molecule has 0 aliphatic heterocycles. The zero-order valence-electron chi connectivity index (χ0n) is 14.9. The summed E-state index contributed by atoms with van der Waals surface area (Å²) in [5, 5.41) is 7.21. The summed E-state index contributed by atoms with van der Waals surface area (Å²) in [6.45, 7) is 7.61. The highest BCUT2D eigenvalue weighted by molar-refractivity contribution is 7.16. The molecule has 0 radical (unpaired) electrons. The number of carbonyl (C=O) groups excluding carboxylic acids is 1. The summed E-state index contributed by atoms with van der Waals surface area (Å²) >= 11 is 1.75. The molecule has 23 heavy (non-hydrogen) atoms. The monoisotopic (exact) mass is 337 g/mol. The van der Waals surface area contributed by atoms with Gasteiger partial charge in [-0.05, 0) is 69.7 Å². The fourth-order valence-corrected chi connectivity index (χ4v) is 4.10. The van der Waals surface area contributed by atoms with E-state index in [1.54, 1.807) is 11.3 Å². The van der Waals surface area contributed by atoms with E-state index in [2.05, 4.69) is 31.4 Å². The van der Waals surface area contributed by atoms with Crippen LogP contribution in [0, 0.1) is 18.8 Å². The molecule has 1 aromatic rings. The van der Waals surface area contributed by atoms with Gasteiger partial charge in [0.15, 0.2) is 0 Å². The van der Waals surface area contributed by atoms with Crippen molar-refractivity contribution in [3.8, 4) is 0 Å². The first-order valence-corrected chi connectivity index (χ1v) is 9.56. The maximum atomic E-state index is 11.8. The van der Waals surface area contributed by atoms with Crippen molar-refractivity contribution in [1.82, 2.24) is 5.32 Å². The van der Waals surface area contributed by atoms with Gasteiger partial charge in [-0.3, -0.25) is 4.79 Å². The van der Waals surface area contributed by atoms with Crippen LogP contribution in [-0.4, -0.2) is 25.5 Å². The maximum absolute atomic E-state index is 11.8. The summed E-state index contributed by atoms with van der Waals surface area (Å²) in [5.41, 5.74) is 8.64. The molecule has 2 aliphatic rings. The van der Waals surface area contributed by atoms with E-state index < -0.39 is 0 Å². The Kier molecular flexibility index (Phi) is 6.62. The summed E-state index contributed by atoms with van der Waals surface area (Å²) in [7, 11) is 1.97. The number of rotatable bonds is 4. The molecule has 0 bridgehead atoms. The SMILES string of the molecule is CNCC(C)C.Cc1c(NC(=O)C2CC2)sc2c1CC(N)CC2. The Hall–Kier alpha value is -0.910. The molecule has 1 fully saturated rings. The Morgan fingerprint density at radius 1 is 1.35 bits per heavy atom. The lowest BCUT2D eigenvalue weighted by molar-refractivity contribution is -0.117. The number of carbonyl (C=O) groups is 1. The molecule has 1 atom stereocenters. The Labute approximate surface area is 144 Å². The molecule has 0 spiro atoms. The van der Waals surface area contributed by atoms with Crippen LogP contribution in [0.15, 0.2) is 0 Å². The summed E-state index contributed by atoms with van der Waals surface area (Å²) in [4.78, 5) is 13.2. The lowest BCUT2D eigenvalue weighted by atomic mass is 9.92. The average molecular weight is 338 g/mol. The van der Waals surface area contributed by atoms with E-state index >= 15 is 0 Å². The lowest BCUT2D eigenvalue weighted by Gasteiger charge is -2.18. The Balaban J connectivity index is 0.000000277. The number of nitrogens with two attached hydrogens (primary N) is 1. The van der Waals surface area contributed by atoms with E-state index in [-0.39, 0.29) is 11.8 Å². The normalized spacial score (nSPS) is 19.8. The fourth-order valence-electron chi connectivity index (χ4n) is 2.84. The highest BCUT2D eigenvalue weighted by Gasteiger charge is 2.31. The van der Waals surface area contributed by atoms with Crippen LogP contribution < -0.4 is 16.4 Å². The van der Waals surface area contributed by atoms with Crippen LogP contribution >= 0.6 is 11.3 Å². The van der Waals surface area contributed by atoms with Crippen molar-refractivity contribution in [2.45, 2.75) is 58.9 Å². The van der Waals surface area contributed by atoms with Gasteiger partial charge in [0, 0.05) is 16.8 Å². The number of anilines is 1. The van der Waals surface area contributed by atoms with Gasteiger partial charge in [-0.25, -0.2) is 0 Å². The summed E-state index contributed by atoms with van der Waals surface area (Å²) < 4.78 is 0. The smallest absolute Gasteiger partial charge is 0.228 e. The predicted molar refractivity (Wildman–Crippen MR) is 99.2 cm³/mol. The third-order valence-corrected chi connectivity index (χ3v) is 5.67. The lowest BCUT2D eigenvalue weighted by Crippen LogP contribution is -2.27. The maximum Gasteiger partial charge on any atom is 0.228 e. The number of aryl methyl sites for hydroxylation is 1. The van der Waals surface area contributed by atoms with Crippen LogP contribution in [0.1, 0.15) is 49.1 Å². The minimum atomic E-state index is 0.205. The molecule has 5 heteroatoms. The number of amides is 1. The third kappa shape index (κ3) is 5.30. The van der Waals surface area contributed by atoms with Crippen molar-refractivity contribution >= 4 is 22.2 Å². The van der Waals surface area contributed by atoms with Crippen LogP contribution in [0.25, 0.3) is 0 Å². The van der Waals surface area contributed by atoms with Gasteiger partial charge in [0.1, 0.15) is 0 Å². The molecule has 1 saturated carbocycles. The number of hydrogen-bond acceptors (Lipinski definition) is 4. The van der Waals surface area contributed by atoms with E-state index in [4.69, 9.17) is 5.73 Å². The Bertz CT molecular complexity index is 535. The van der Waals surface area contributed by atoms with Gasteiger partial charge in [0.25, 0.3) is 0 Å². The first-order chi connectivity index (χ1) is 10.9. The molecule has 1 heterocycles. The second kappa shape index (κ2) is 8.27. The first-order valence-electron chi connectivity index (χ1n) is 8.74. The van der Waals surface area contributed by atoms with Gasteiger partial charge in [-0.15, -0.1) is 11.3 Å². The molecular weight excluding hydrogens is 306 g/mol. The van der Waals surface area contributed by atoms with E-state index in [1.807, 2.05) is 7.05 Å². The van der Waals surface area contributed by atoms with Crippen LogP contribution in [-0.2, 0) is 17.6 Å². The quantitative estimate of drug-likeness (QED) is 0.791.